The molecule has 24 nitrogen and oxygen atoms in total. The van der Waals surface area contributed by atoms with Gasteiger partial charge in [-0.3, -0.25) is 48.1 Å². The van der Waals surface area contributed by atoms with Crippen molar-refractivity contribution in [3.8, 4) is 5.75 Å². The molecule has 1 aromatic carbocycles. The Morgan fingerprint density at radius 1 is 0.903 bits per heavy atom. The number of hydrogen-bond donors (Lipinski definition) is 6. The van der Waals surface area contributed by atoms with Gasteiger partial charge in [0.05, 0.1) is 43.5 Å². The molecule has 0 aromatic heterocycles. The maximum atomic E-state index is 13.9. The summed E-state index contributed by atoms with van der Waals surface area (Å²) >= 11 is 1.06. The Kier molecular flexibility index (Phi) is 30.1. The van der Waals surface area contributed by atoms with Crippen LogP contribution in [0.25, 0.3) is 0 Å². The van der Waals surface area contributed by atoms with E-state index in [1.54, 1.807) is 21.0 Å². The molecule has 25 heteroatoms. The highest BCUT2D eigenvalue weighted by atomic mass is 32.2. The predicted molar refractivity (Wildman–Crippen MR) is 260 cm³/mol. The Bertz CT molecular complexity index is 1990. The molecule has 0 bridgehead atoms. The summed E-state index contributed by atoms with van der Waals surface area (Å²) in [6.07, 6.45) is 0.0533. The van der Waals surface area contributed by atoms with Crippen LogP contribution in [-0.2, 0) is 73.4 Å². The first-order chi connectivity index (χ1) is 34.4. The fourth-order valence-corrected chi connectivity index (χ4v) is 8.11. The number of urea groups is 1. The van der Waals surface area contributed by atoms with Gasteiger partial charge in [-0.1, -0.05) is 20.3 Å². The number of ether oxygens (including phenoxy) is 6. The van der Waals surface area contributed by atoms with Gasteiger partial charge in [-0.05, 0) is 43.7 Å². The number of amides is 8. The summed E-state index contributed by atoms with van der Waals surface area (Å²) in [6, 6.07) is 2.82. The van der Waals surface area contributed by atoms with E-state index in [-0.39, 0.29) is 132 Å². The Labute approximate surface area is 423 Å². The Morgan fingerprint density at radius 2 is 1.61 bits per heavy atom. The zero-order valence-corrected chi connectivity index (χ0v) is 42.5. The van der Waals surface area contributed by atoms with E-state index >= 15 is 0 Å². The van der Waals surface area contributed by atoms with Gasteiger partial charge in [0, 0.05) is 89.5 Å². The van der Waals surface area contributed by atoms with Crippen LogP contribution in [0.5, 0.6) is 5.75 Å². The van der Waals surface area contributed by atoms with Gasteiger partial charge in [0.1, 0.15) is 31.4 Å². The first-order valence-electron chi connectivity index (χ1n) is 23.6. The van der Waals surface area contributed by atoms with Crippen molar-refractivity contribution in [1.29, 1.82) is 0 Å². The average Bonchev–Trinajstić information content (AvgIpc) is 3.60. The van der Waals surface area contributed by atoms with Gasteiger partial charge < -0.3 is 60.7 Å². The number of benzene rings is 1. The SMILES string of the molecule is CNC(=O)OCc1ccc(NC(=O)[C@H](CCCNC(N)=O)CC(=O)[C@@H](NC(=O)COCCOCCOC)C(C)C)cc1OCC(=O)CCCCCC(=O)CCN1C(=O)CC(SC[C@H](NC(C)=O)OC=O)C1=O. The van der Waals surface area contributed by atoms with Gasteiger partial charge in [0.25, 0.3) is 6.47 Å². The molecule has 1 aliphatic heterocycles. The number of Topliss-reactive ketones (excluding diaryl/α,β-unsaturated/α-hetero) is 3. The molecule has 0 radical (unpaired) electrons. The van der Waals surface area contributed by atoms with Gasteiger partial charge in [-0.25, -0.2) is 9.59 Å². The Morgan fingerprint density at radius 3 is 2.28 bits per heavy atom. The molecule has 1 aromatic rings. The van der Waals surface area contributed by atoms with Crippen LogP contribution in [0.3, 0.4) is 0 Å². The van der Waals surface area contributed by atoms with Crippen LogP contribution in [0.15, 0.2) is 18.2 Å². The predicted octanol–water partition coefficient (Wildman–Crippen LogP) is 1.68. The number of alkyl carbamates (subject to hydrolysis) is 1. The normalized spacial score (nSPS) is 14.4. The molecule has 0 aliphatic carbocycles. The van der Waals surface area contributed by atoms with Crippen molar-refractivity contribution in [3.63, 3.8) is 0 Å². The van der Waals surface area contributed by atoms with E-state index in [0.29, 0.717) is 38.0 Å². The number of methoxy groups -OCH3 is 1. The van der Waals surface area contributed by atoms with Crippen LogP contribution < -0.4 is 37.1 Å². The summed E-state index contributed by atoms with van der Waals surface area (Å²) in [5, 5.41) is 12.0. The highest BCUT2D eigenvalue weighted by Gasteiger charge is 2.39. The number of carbonyl (C=O) groups is 11. The smallest absolute Gasteiger partial charge is 0.407 e. The summed E-state index contributed by atoms with van der Waals surface area (Å²) in [6.45, 7) is 5.21. The van der Waals surface area contributed by atoms with E-state index in [1.807, 2.05) is 0 Å². The van der Waals surface area contributed by atoms with Crippen molar-refractivity contribution in [2.75, 3.05) is 78.0 Å². The number of nitrogens with zero attached hydrogens (tertiary/aromatic N) is 1. The maximum absolute atomic E-state index is 13.9. The van der Waals surface area contributed by atoms with E-state index in [1.165, 1.54) is 32.2 Å². The molecule has 402 valence electrons. The van der Waals surface area contributed by atoms with Crippen molar-refractivity contribution in [3.05, 3.63) is 23.8 Å². The number of ketones is 3. The lowest BCUT2D eigenvalue weighted by molar-refractivity contribution is -0.139. The third-order valence-corrected chi connectivity index (χ3v) is 12.0. The summed E-state index contributed by atoms with van der Waals surface area (Å²) in [4.78, 5) is 138. The summed E-state index contributed by atoms with van der Waals surface area (Å²) in [5.41, 5.74) is 5.81. The second kappa shape index (κ2) is 35.0. The number of nitrogens with two attached hydrogens (primary N) is 1. The molecule has 1 heterocycles. The highest BCUT2D eigenvalue weighted by Crippen LogP contribution is 2.28. The van der Waals surface area contributed by atoms with E-state index in [9.17, 15) is 52.7 Å². The maximum Gasteiger partial charge on any atom is 0.407 e. The van der Waals surface area contributed by atoms with Crippen LogP contribution in [0, 0.1) is 11.8 Å². The van der Waals surface area contributed by atoms with Gasteiger partial charge in [0.15, 0.2) is 17.8 Å². The average molecular weight is 1040 g/mol. The van der Waals surface area contributed by atoms with Crippen LogP contribution in [0.2, 0.25) is 0 Å². The van der Waals surface area contributed by atoms with Crippen molar-refractivity contribution in [1.82, 2.24) is 26.2 Å². The fraction of sp³-hybridized carbons (Fsp3) is 0.638. The quantitative estimate of drug-likeness (QED) is 0.0236. The van der Waals surface area contributed by atoms with Gasteiger partial charge in [-0.15, -0.1) is 11.8 Å². The number of hydrogen-bond acceptors (Lipinski definition) is 18. The molecule has 0 spiro atoms. The van der Waals surface area contributed by atoms with Crippen LogP contribution in [-0.4, -0.2) is 161 Å². The summed E-state index contributed by atoms with van der Waals surface area (Å²) in [7, 11) is 2.93. The lowest BCUT2D eigenvalue weighted by atomic mass is 9.89. The van der Waals surface area contributed by atoms with E-state index in [4.69, 9.17) is 34.2 Å². The number of primary amides is 1. The largest absolute Gasteiger partial charge is 0.485 e. The molecular formula is C47H71N7O17S. The van der Waals surface area contributed by atoms with Crippen molar-refractivity contribution in [2.24, 2.45) is 17.6 Å². The summed E-state index contributed by atoms with van der Waals surface area (Å²) < 4.78 is 31.5. The van der Waals surface area contributed by atoms with Crippen molar-refractivity contribution in [2.45, 2.75) is 109 Å². The number of nitrogens with one attached hydrogen (secondary N) is 5. The lowest BCUT2D eigenvalue weighted by Crippen LogP contribution is -2.47. The topological polar surface area (TPSA) is 333 Å². The summed E-state index contributed by atoms with van der Waals surface area (Å²) in [5.74, 6) is -4.34. The lowest BCUT2D eigenvalue weighted by Gasteiger charge is -2.24. The minimum atomic E-state index is -0.965. The van der Waals surface area contributed by atoms with Gasteiger partial charge in [0.2, 0.25) is 29.5 Å². The van der Waals surface area contributed by atoms with E-state index < -0.39 is 70.9 Å². The second-order valence-corrected chi connectivity index (χ2v) is 18.1. The minimum absolute atomic E-state index is 0.0361. The first kappa shape index (κ1) is 61.9. The molecular weight excluding hydrogens is 967 g/mol. The monoisotopic (exact) mass is 1040 g/mol. The second-order valence-electron chi connectivity index (χ2n) is 16.9. The third-order valence-electron chi connectivity index (χ3n) is 10.8. The van der Waals surface area contributed by atoms with Crippen LogP contribution in [0.4, 0.5) is 15.3 Å². The minimum Gasteiger partial charge on any atom is -0.485 e. The molecule has 2 rings (SSSR count). The number of unbranched alkanes of at least 4 members (excludes halogenated alkanes) is 2. The number of anilines is 1. The standard InChI is InChI=1S/C47H71N7O17S/c1-30(2)43(53-40(60)27-68-21-20-67-19-18-66-5)37(59)22-32(10-9-16-50-46(48)64)44(62)52-34-14-13-33(25-70-47(65)49-4)38(23-34)69-26-36(58)12-8-6-7-11-35(57)15-17-54-42(61)24-39(45(54)63)72-28-41(71-29-55)51-31(3)56/h13-14,23,29-30,32,39,41,43H,6-12,15-22,24-28H2,1-5H3,(H,49,65)(H,51,56)(H,52,62)(H,53,60)(H3,48,50,64)/t32-,39?,41-,43+/m1/s1. The first-order valence-corrected chi connectivity index (χ1v) is 24.7. The van der Waals surface area contributed by atoms with E-state index in [0.717, 1.165) is 16.7 Å². The van der Waals surface area contributed by atoms with Gasteiger partial charge >= 0.3 is 12.1 Å². The third kappa shape index (κ3) is 25.3. The molecule has 1 fully saturated rings. The number of likely N-dealkylation sites (tertiary alicyclic amines) is 1. The van der Waals surface area contributed by atoms with Crippen molar-refractivity contribution >= 4 is 82.9 Å². The Hall–Kier alpha value is -6.18. The van der Waals surface area contributed by atoms with Gasteiger partial charge in [-0.2, -0.15) is 0 Å². The Balaban J connectivity index is 1.99. The highest BCUT2D eigenvalue weighted by molar-refractivity contribution is 8.00. The number of thioether (sulfide) groups is 1. The molecule has 4 atom stereocenters. The molecule has 1 unspecified atom stereocenters. The van der Waals surface area contributed by atoms with Crippen molar-refractivity contribution < 1.29 is 81.2 Å². The number of carbonyl (C=O) groups excluding carboxylic acids is 11. The molecule has 0 saturated carbocycles. The molecule has 1 aliphatic rings. The zero-order chi connectivity index (χ0) is 53.4. The number of imide groups is 1. The number of rotatable bonds is 39. The van der Waals surface area contributed by atoms with Crippen LogP contribution in [0.1, 0.15) is 90.5 Å². The molecule has 8 amide bonds. The molecule has 1 saturated heterocycles. The van der Waals surface area contributed by atoms with Crippen LogP contribution >= 0.6 is 11.8 Å². The zero-order valence-electron chi connectivity index (χ0n) is 41.7. The van der Waals surface area contributed by atoms with E-state index in [2.05, 4.69) is 26.6 Å². The fourth-order valence-electron chi connectivity index (χ4n) is 7.01. The molecule has 72 heavy (non-hydrogen) atoms. The molecule has 7 N–H and O–H groups in total.